The largest absolute Gasteiger partial charge is 0.481 e. The molecular formula is C7H7ClN2O2. The lowest BCUT2D eigenvalue weighted by molar-refractivity contribution is -0.136. The molecule has 0 aliphatic heterocycles. The predicted molar refractivity (Wildman–Crippen MR) is 45.0 cm³/mol. The summed E-state index contributed by atoms with van der Waals surface area (Å²) in [6, 6.07) is 1.52. The molecule has 5 heteroatoms. The summed E-state index contributed by atoms with van der Waals surface area (Å²) in [5.74, 6) is -0.975. The molecule has 0 atom stereocenters. The van der Waals surface area contributed by atoms with Crippen LogP contribution in [0.1, 0.15) is 5.69 Å². The number of halogens is 1. The lowest BCUT2D eigenvalue weighted by Crippen LogP contribution is -2.05. The Hall–Kier alpha value is -1.29. The van der Waals surface area contributed by atoms with Crippen LogP contribution in [0.3, 0.4) is 0 Å². The van der Waals surface area contributed by atoms with Crippen molar-refractivity contribution in [3.63, 3.8) is 0 Å². The summed E-state index contributed by atoms with van der Waals surface area (Å²) in [7, 11) is 0. The number of carboxylic acids is 1. The molecule has 0 radical (unpaired) electrons. The SMILES string of the molecule is Nc1c(Cl)ccnc1CC(=O)O. The summed E-state index contributed by atoms with van der Waals surface area (Å²) >= 11 is 5.64. The minimum atomic E-state index is -0.975. The zero-order valence-corrected chi connectivity index (χ0v) is 6.88. The van der Waals surface area contributed by atoms with Crippen LogP contribution < -0.4 is 5.73 Å². The van der Waals surface area contributed by atoms with Gasteiger partial charge in [-0.05, 0) is 6.07 Å². The molecule has 4 nitrogen and oxygen atoms in total. The molecule has 0 saturated heterocycles. The van der Waals surface area contributed by atoms with Crippen molar-refractivity contribution < 1.29 is 9.90 Å². The molecule has 0 aliphatic rings. The number of carbonyl (C=O) groups is 1. The third kappa shape index (κ3) is 1.85. The summed E-state index contributed by atoms with van der Waals surface area (Å²) in [6.45, 7) is 0. The van der Waals surface area contributed by atoms with Gasteiger partial charge >= 0.3 is 5.97 Å². The fourth-order valence-corrected chi connectivity index (χ4v) is 0.939. The normalized spacial score (nSPS) is 9.75. The van der Waals surface area contributed by atoms with Crippen LogP contribution in [0.15, 0.2) is 12.3 Å². The van der Waals surface area contributed by atoms with Crippen LogP contribution in [-0.4, -0.2) is 16.1 Å². The highest BCUT2D eigenvalue weighted by Crippen LogP contribution is 2.20. The third-order valence-electron chi connectivity index (χ3n) is 1.34. The van der Waals surface area contributed by atoms with Crippen LogP contribution in [0.2, 0.25) is 5.02 Å². The Morgan fingerprint density at radius 1 is 1.75 bits per heavy atom. The topological polar surface area (TPSA) is 76.2 Å². The van der Waals surface area contributed by atoms with E-state index in [-0.39, 0.29) is 12.1 Å². The molecule has 1 aromatic heterocycles. The van der Waals surface area contributed by atoms with Crippen molar-refractivity contribution in [3.8, 4) is 0 Å². The van der Waals surface area contributed by atoms with Crippen LogP contribution in [-0.2, 0) is 11.2 Å². The number of carboxylic acid groups (broad SMARTS) is 1. The van der Waals surface area contributed by atoms with Gasteiger partial charge in [0.05, 0.1) is 22.8 Å². The first-order chi connectivity index (χ1) is 5.61. The fraction of sp³-hybridized carbons (Fsp3) is 0.143. The quantitative estimate of drug-likeness (QED) is 0.721. The number of nitrogens with zero attached hydrogens (tertiary/aromatic N) is 1. The van der Waals surface area contributed by atoms with Crippen molar-refractivity contribution in [1.29, 1.82) is 0 Å². The first kappa shape index (κ1) is 8.80. The van der Waals surface area contributed by atoms with E-state index in [9.17, 15) is 4.79 Å². The van der Waals surface area contributed by atoms with Gasteiger partial charge in [-0.25, -0.2) is 0 Å². The third-order valence-corrected chi connectivity index (χ3v) is 1.67. The Morgan fingerprint density at radius 3 is 3.00 bits per heavy atom. The Morgan fingerprint density at radius 2 is 2.42 bits per heavy atom. The van der Waals surface area contributed by atoms with E-state index in [4.69, 9.17) is 22.4 Å². The maximum atomic E-state index is 10.3. The van der Waals surface area contributed by atoms with Crippen molar-refractivity contribution in [2.45, 2.75) is 6.42 Å². The molecule has 64 valence electrons. The second-order valence-corrected chi connectivity index (χ2v) is 2.63. The number of rotatable bonds is 2. The maximum absolute atomic E-state index is 10.3. The first-order valence-corrected chi connectivity index (χ1v) is 3.59. The average Bonchev–Trinajstić information content (AvgIpc) is 1.98. The first-order valence-electron chi connectivity index (χ1n) is 3.22. The molecule has 0 aromatic carbocycles. The number of nitrogen functional groups attached to an aromatic ring is 1. The molecule has 12 heavy (non-hydrogen) atoms. The predicted octanol–water partition coefficient (Wildman–Crippen LogP) is 0.944. The van der Waals surface area contributed by atoms with Gasteiger partial charge in [-0.2, -0.15) is 0 Å². The summed E-state index contributed by atoms with van der Waals surface area (Å²) in [5.41, 5.74) is 6.01. The van der Waals surface area contributed by atoms with E-state index in [1.54, 1.807) is 0 Å². The summed E-state index contributed by atoms with van der Waals surface area (Å²) in [4.78, 5) is 14.1. The number of hydrogen-bond donors (Lipinski definition) is 2. The van der Waals surface area contributed by atoms with E-state index in [1.807, 2.05) is 0 Å². The van der Waals surface area contributed by atoms with Gasteiger partial charge in [0, 0.05) is 6.20 Å². The number of aliphatic carboxylic acids is 1. The molecule has 0 unspecified atom stereocenters. The summed E-state index contributed by atoms with van der Waals surface area (Å²) in [6.07, 6.45) is 1.23. The lowest BCUT2D eigenvalue weighted by atomic mass is 10.2. The number of anilines is 1. The van der Waals surface area contributed by atoms with E-state index in [2.05, 4.69) is 4.98 Å². The van der Waals surface area contributed by atoms with Crippen LogP contribution in [0.25, 0.3) is 0 Å². The van der Waals surface area contributed by atoms with Gasteiger partial charge in [0.25, 0.3) is 0 Å². The molecular weight excluding hydrogens is 180 g/mol. The van der Waals surface area contributed by atoms with Crippen LogP contribution in [0.4, 0.5) is 5.69 Å². The van der Waals surface area contributed by atoms with Crippen LogP contribution >= 0.6 is 11.6 Å². The molecule has 1 heterocycles. The summed E-state index contributed by atoms with van der Waals surface area (Å²) < 4.78 is 0. The van der Waals surface area contributed by atoms with Gasteiger partial charge in [-0.15, -0.1) is 0 Å². The van der Waals surface area contributed by atoms with Gasteiger partial charge in [0.2, 0.25) is 0 Å². The molecule has 0 fully saturated rings. The average molecular weight is 187 g/mol. The fourth-order valence-electron chi connectivity index (χ4n) is 0.774. The molecule has 3 N–H and O–H groups in total. The van der Waals surface area contributed by atoms with Crippen LogP contribution in [0.5, 0.6) is 0 Å². The zero-order chi connectivity index (χ0) is 9.14. The van der Waals surface area contributed by atoms with E-state index < -0.39 is 5.97 Å². The van der Waals surface area contributed by atoms with Gasteiger partial charge in [-0.3, -0.25) is 9.78 Å². The highest BCUT2D eigenvalue weighted by molar-refractivity contribution is 6.33. The van der Waals surface area contributed by atoms with E-state index in [0.29, 0.717) is 10.7 Å². The lowest BCUT2D eigenvalue weighted by Gasteiger charge is -2.02. The molecule has 0 aliphatic carbocycles. The van der Waals surface area contributed by atoms with Gasteiger partial charge < -0.3 is 10.8 Å². The summed E-state index contributed by atoms with van der Waals surface area (Å²) in [5, 5.41) is 8.78. The van der Waals surface area contributed by atoms with Crippen molar-refractivity contribution >= 4 is 23.3 Å². The standard InChI is InChI=1S/C7H7ClN2O2/c8-4-1-2-10-5(7(4)9)3-6(11)12/h1-2H,3,9H2,(H,11,12). The monoisotopic (exact) mass is 186 g/mol. The Bertz CT molecular complexity index is 314. The number of aromatic nitrogens is 1. The molecule has 0 amide bonds. The van der Waals surface area contributed by atoms with E-state index in [1.165, 1.54) is 12.3 Å². The van der Waals surface area contributed by atoms with E-state index >= 15 is 0 Å². The van der Waals surface area contributed by atoms with Gasteiger partial charge in [0.15, 0.2) is 0 Å². The Kier molecular flexibility index (Phi) is 2.50. The Labute approximate surface area is 74.0 Å². The van der Waals surface area contributed by atoms with Crippen LogP contribution in [0, 0.1) is 0 Å². The van der Waals surface area contributed by atoms with E-state index in [0.717, 1.165) is 0 Å². The second kappa shape index (κ2) is 3.40. The highest BCUT2D eigenvalue weighted by Gasteiger charge is 2.07. The molecule has 1 rings (SSSR count). The second-order valence-electron chi connectivity index (χ2n) is 2.22. The smallest absolute Gasteiger partial charge is 0.309 e. The zero-order valence-electron chi connectivity index (χ0n) is 6.12. The minimum absolute atomic E-state index is 0.202. The van der Waals surface area contributed by atoms with Crippen molar-refractivity contribution in [1.82, 2.24) is 4.98 Å². The maximum Gasteiger partial charge on any atom is 0.309 e. The minimum Gasteiger partial charge on any atom is -0.481 e. The molecule has 0 spiro atoms. The van der Waals surface area contributed by atoms with Crippen molar-refractivity contribution in [2.24, 2.45) is 0 Å². The van der Waals surface area contributed by atoms with Gasteiger partial charge in [0.1, 0.15) is 0 Å². The highest BCUT2D eigenvalue weighted by atomic mass is 35.5. The molecule has 0 saturated carbocycles. The molecule has 0 bridgehead atoms. The van der Waals surface area contributed by atoms with Crippen molar-refractivity contribution in [2.75, 3.05) is 5.73 Å². The molecule has 1 aromatic rings. The van der Waals surface area contributed by atoms with Gasteiger partial charge in [-0.1, -0.05) is 11.6 Å². The number of nitrogens with two attached hydrogens (primary N) is 1. The Balaban J connectivity index is 3.00. The number of pyridine rings is 1. The van der Waals surface area contributed by atoms with Crippen molar-refractivity contribution in [3.05, 3.63) is 23.0 Å². The number of hydrogen-bond acceptors (Lipinski definition) is 3.